The number of rotatable bonds is 4. The zero-order valence-corrected chi connectivity index (χ0v) is 8.58. The standard InChI is InChI=1S/C11H12N2O3/c14-6-5-13-8-11(7-12-13)16-10-3-1-9(15)2-4-10/h1-4,7-8,14-15H,5-6H2. The minimum Gasteiger partial charge on any atom is -0.508 e. The van der Waals surface area contributed by atoms with Crippen LogP contribution in [0.15, 0.2) is 36.7 Å². The van der Waals surface area contributed by atoms with Gasteiger partial charge in [-0.1, -0.05) is 0 Å². The van der Waals surface area contributed by atoms with Gasteiger partial charge in [-0.05, 0) is 24.3 Å². The van der Waals surface area contributed by atoms with Gasteiger partial charge in [0.1, 0.15) is 11.5 Å². The van der Waals surface area contributed by atoms with Crippen LogP contribution in [0.4, 0.5) is 0 Å². The minimum absolute atomic E-state index is 0.0420. The van der Waals surface area contributed by atoms with E-state index >= 15 is 0 Å². The maximum Gasteiger partial charge on any atom is 0.165 e. The Morgan fingerprint density at radius 2 is 1.94 bits per heavy atom. The predicted molar refractivity (Wildman–Crippen MR) is 57.5 cm³/mol. The average molecular weight is 220 g/mol. The molecule has 0 aliphatic heterocycles. The van der Waals surface area contributed by atoms with E-state index in [1.165, 1.54) is 0 Å². The van der Waals surface area contributed by atoms with Gasteiger partial charge < -0.3 is 14.9 Å². The van der Waals surface area contributed by atoms with Crippen molar-refractivity contribution in [2.45, 2.75) is 6.54 Å². The molecule has 0 radical (unpaired) electrons. The van der Waals surface area contributed by atoms with E-state index in [1.54, 1.807) is 41.3 Å². The monoisotopic (exact) mass is 220 g/mol. The van der Waals surface area contributed by atoms with Gasteiger partial charge in [-0.25, -0.2) is 0 Å². The first-order valence-corrected chi connectivity index (χ1v) is 4.88. The average Bonchev–Trinajstić information content (AvgIpc) is 2.70. The van der Waals surface area contributed by atoms with Crippen LogP contribution in [0.3, 0.4) is 0 Å². The number of aliphatic hydroxyl groups is 1. The number of benzene rings is 1. The Hall–Kier alpha value is -2.01. The molecule has 0 spiro atoms. The molecule has 1 heterocycles. The highest BCUT2D eigenvalue weighted by molar-refractivity contribution is 5.33. The molecular formula is C11H12N2O3. The molecule has 0 unspecified atom stereocenters. The Kier molecular flexibility index (Phi) is 3.07. The highest BCUT2D eigenvalue weighted by Crippen LogP contribution is 2.22. The minimum atomic E-state index is 0.0420. The van der Waals surface area contributed by atoms with Crippen molar-refractivity contribution < 1.29 is 14.9 Å². The molecule has 0 saturated heterocycles. The second-order valence-electron chi connectivity index (χ2n) is 3.26. The molecule has 16 heavy (non-hydrogen) atoms. The molecule has 5 nitrogen and oxygen atoms in total. The molecule has 0 aliphatic carbocycles. The lowest BCUT2D eigenvalue weighted by Crippen LogP contribution is -2.01. The summed E-state index contributed by atoms with van der Waals surface area (Å²) >= 11 is 0. The van der Waals surface area contributed by atoms with Gasteiger partial charge in [-0.2, -0.15) is 5.10 Å². The largest absolute Gasteiger partial charge is 0.508 e. The Labute approximate surface area is 92.5 Å². The van der Waals surface area contributed by atoms with Crippen molar-refractivity contribution in [1.82, 2.24) is 9.78 Å². The van der Waals surface area contributed by atoms with Crippen molar-refractivity contribution >= 4 is 0 Å². The van der Waals surface area contributed by atoms with Crippen LogP contribution in [-0.4, -0.2) is 26.6 Å². The molecule has 0 aliphatic rings. The Bertz CT molecular complexity index is 451. The van der Waals surface area contributed by atoms with E-state index < -0.39 is 0 Å². The Balaban J connectivity index is 2.05. The lowest BCUT2D eigenvalue weighted by atomic mass is 10.3. The maximum atomic E-state index is 9.10. The summed E-state index contributed by atoms with van der Waals surface area (Å²) in [7, 11) is 0. The van der Waals surface area contributed by atoms with Crippen LogP contribution >= 0.6 is 0 Å². The molecule has 2 aromatic rings. The molecule has 0 amide bonds. The second kappa shape index (κ2) is 4.67. The molecule has 2 N–H and O–H groups in total. The van der Waals surface area contributed by atoms with E-state index in [0.717, 1.165) is 0 Å². The number of hydrogen-bond donors (Lipinski definition) is 2. The van der Waals surface area contributed by atoms with E-state index in [1.807, 2.05) is 0 Å². The van der Waals surface area contributed by atoms with Gasteiger partial charge in [0.05, 0.1) is 25.5 Å². The number of aromatic hydroxyl groups is 1. The molecule has 1 aromatic carbocycles. The summed E-state index contributed by atoms with van der Waals surface area (Å²) in [5, 5.41) is 21.8. The van der Waals surface area contributed by atoms with Crippen molar-refractivity contribution in [3.63, 3.8) is 0 Å². The summed E-state index contributed by atoms with van der Waals surface area (Å²) in [5.41, 5.74) is 0. The van der Waals surface area contributed by atoms with Crippen LogP contribution < -0.4 is 4.74 Å². The van der Waals surface area contributed by atoms with E-state index in [2.05, 4.69) is 5.10 Å². The maximum absolute atomic E-state index is 9.10. The third kappa shape index (κ3) is 2.52. The first-order valence-electron chi connectivity index (χ1n) is 4.88. The summed E-state index contributed by atoms with van der Waals surface area (Å²) in [6.07, 6.45) is 3.27. The van der Waals surface area contributed by atoms with E-state index in [4.69, 9.17) is 14.9 Å². The highest BCUT2D eigenvalue weighted by atomic mass is 16.5. The van der Waals surface area contributed by atoms with Crippen LogP contribution in [0.2, 0.25) is 0 Å². The van der Waals surface area contributed by atoms with Gasteiger partial charge in [-0.3, -0.25) is 4.68 Å². The fourth-order valence-corrected chi connectivity index (χ4v) is 1.27. The fourth-order valence-electron chi connectivity index (χ4n) is 1.27. The number of phenols is 1. The summed E-state index contributed by atoms with van der Waals surface area (Å²) < 4.78 is 7.08. The van der Waals surface area contributed by atoms with Gasteiger partial charge >= 0.3 is 0 Å². The molecule has 0 saturated carbocycles. The third-order valence-corrected chi connectivity index (χ3v) is 2.01. The Morgan fingerprint density at radius 3 is 2.62 bits per heavy atom. The van der Waals surface area contributed by atoms with Crippen molar-refractivity contribution in [3.05, 3.63) is 36.7 Å². The number of aromatic nitrogens is 2. The van der Waals surface area contributed by atoms with E-state index in [9.17, 15) is 0 Å². The van der Waals surface area contributed by atoms with Gasteiger partial charge in [0.2, 0.25) is 0 Å². The number of ether oxygens (including phenoxy) is 1. The summed E-state index contributed by atoms with van der Waals surface area (Å²) in [6.45, 7) is 0.485. The van der Waals surface area contributed by atoms with Gasteiger partial charge in [0.25, 0.3) is 0 Å². The first-order chi connectivity index (χ1) is 7.78. The van der Waals surface area contributed by atoms with Crippen LogP contribution in [0, 0.1) is 0 Å². The molecule has 5 heteroatoms. The van der Waals surface area contributed by atoms with Crippen LogP contribution in [0.5, 0.6) is 17.2 Å². The normalized spacial score (nSPS) is 10.3. The van der Waals surface area contributed by atoms with Crippen LogP contribution in [-0.2, 0) is 6.54 Å². The van der Waals surface area contributed by atoms with E-state index in [-0.39, 0.29) is 12.4 Å². The predicted octanol–water partition coefficient (Wildman–Crippen LogP) is 1.37. The zero-order valence-electron chi connectivity index (χ0n) is 8.58. The van der Waals surface area contributed by atoms with Crippen LogP contribution in [0.1, 0.15) is 0 Å². The molecule has 2 rings (SSSR count). The Morgan fingerprint density at radius 1 is 1.19 bits per heavy atom. The molecule has 1 aromatic heterocycles. The molecule has 84 valence electrons. The highest BCUT2D eigenvalue weighted by Gasteiger charge is 2.00. The quantitative estimate of drug-likeness (QED) is 0.816. The van der Waals surface area contributed by atoms with E-state index in [0.29, 0.717) is 18.0 Å². The molecule has 0 fully saturated rings. The lowest BCUT2D eigenvalue weighted by molar-refractivity contribution is 0.269. The zero-order chi connectivity index (χ0) is 11.4. The molecule has 0 atom stereocenters. The summed E-state index contributed by atoms with van der Waals surface area (Å²) in [4.78, 5) is 0. The van der Waals surface area contributed by atoms with Crippen molar-refractivity contribution in [3.8, 4) is 17.2 Å². The van der Waals surface area contributed by atoms with Gasteiger partial charge in [-0.15, -0.1) is 0 Å². The van der Waals surface area contributed by atoms with Gasteiger partial charge in [0, 0.05) is 0 Å². The second-order valence-corrected chi connectivity index (χ2v) is 3.26. The summed E-state index contributed by atoms with van der Waals surface area (Å²) in [5.74, 6) is 1.42. The van der Waals surface area contributed by atoms with Crippen molar-refractivity contribution in [2.75, 3.05) is 6.61 Å². The fraction of sp³-hybridized carbons (Fsp3) is 0.182. The molecular weight excluding hydrogens is 208 g/mol. The molecule has 0 bridgehead atoms. The van der Waals surface area contributed by atoms with Gasteiger partial charge in [0.15, 0.2) is 5.75 Å². The van der Waals surface area contributed by atoms with Crippen molar-refractivity contribution in [2.24, 2.45) is 0 Å². The SMILES string of the molecule is OCCn1cc(Oc2ccc(O)cc2)cn1. The lowest BCUT2D eigenvalue weighted by Gasteiger charge is -2.01. The van der Waals surface area contributed by atoms with Crippen LogP contribution in [0.25, 0.3) is 0 Å². The summed E-state index contributed by atoms with van der Waals surface area (Å²) in [6, 6.07) is 6.43. The smallest absolute Gasteiger partial charge is 0.165 e. The number of nitrogens with zero attached hydrogens (tertiary/aromatic N) is 2. The number of hydrogen-bond acceptors (Lipinski definition) is 4. The van der Waals surface area contributed by atoms with Crippen molar-refractivity contribution in [1.29, 1.82) is 0 Å². The number of phenolic OH excluding ortho intramolecular Hbond substituents is 1. The topological polar surface area (TPSA) is 67.5 Å². The third-order valence-electron chi connectivity index (χ3n) is 2.01. The number of aliphatic hydroxyl groups excluding tert-OH is 1. The first kappa shape index (κ1) is 10.5.